The molecule has 1 heterocycles. The largest absolute Gasteiger partial charge is 0.505 e. The van der Waals surface area contributed by atoms with Gasteiger partial charge in [0.05, 0.1) is 0 Å². The van der Waals surface area contributed by atoms with Crippen molar-refractivity contribution in [2.45, 2.75) is 58.8 Å². The number of esters is 2. The summed E-state index contributed by atoms with van der Waals surface area (Å²) in [5, 5.41) is 28.9. The number of thiocarbonyl (C=S) groups is 1. The topological polar surface area (TPSA) is 130 Å². The quantitative estimate of drug-likeness (QED) is 0.467. The summed E-state index contributed by atoms with van der Waals surface area (Å²) in [7, 11) is 0. The molecule has 9 heteroatoms. The van der Waals surface area contributed by atoms with E-state index in [1.165, 1.54) is 0 Å². The summed E-state index contributed by atoms with van der Waals surface area (Å²) in [5.74, 6) is -5.00. The summed E-state index contributed by atoms with van der Waals surface area (Å²) >= 11 is 5.37. The van der Waals surface area contributed by atoms with Crippen LogP contribution in [-0.2, 0) is 23.9 Å². The predicted octanol–water partition coefficient (Wildman–Crippen LogP) is 1.61. The van der Waals surface area contributed by atoms with Gasteiger partial charge in [0.1, 0.15) is 0 Å². The molecule has 0 bridgehead atoms. The van der Waals surface area contributed by atoms with Crippen LogP contribution in [0.2, 0.25) is 0 Å². The highest BCUT2D eigenvalue weighted by Crippen LogP contribution is 2.41. The van der Waals surface area contributed by atoms with Crippen LogP contribution in [-0.4, -0.2) is 56.2 Å². The Hall–Kier alpha value is -2.26. The van der Waals surface area contributed by atoms with Gasteiger partial charge >= 0.3 is 11.9 Å². The minimum Gasteiger partial charge on any atom is -0.505 e. The smallest absolute Gasteiger partial charge is 0.378 e. The fourth-order valence-corrected chi connectivity index (χ4v) is 3.83. The number of Topliss-reactive ketones (excluding diaryl/α,β-unsaturated/α-hetero) is 1. The Morgan fingerprint density at radius 1 is 1.37 bits per heavy atom. The predicted molar refractivity (Wildman–Crippen MR) is 97.0 cm³/mol. The van der Waals surface area contributed by atoms with E-state index in [0.717, 1.165) is 5.57 Å². The SMILES string of the molecule is CCC(=S)C1=C(C)C(=O)C(OC(=O)[C@H](O)[C@H]2OC(=O)C(O)=C2O)CC1(C)C. The van der Waals surface area contributed by atoms with Crippen molar-refractivity contribution in [2.24, 2.45) is 5.41 Å². The number of allylic oxidation sites excluding steroid dienone is 1. The van der Waals surface area contributed by atoms with Crippen LogP contribution >= 0.6 is 12.2 Å². The minimum atomic E-state index is -2.09. The molecule has 8 nitrogen and oxygen atoms in total. The number of hydrogen-bond acceptors (Lipinski definition) is 9. The molecule has 148 valence electrons. The first kappa shape index (κ1) is 21.0. The van der Waals surface area contributed by atoms with E-state index in [4.69, 9.17) is 17.0 Å². The molecule has 3 N–H and O–H groups in total. The summed E-state index contributed by atoms with van der Waals surface area (Å²) in [5.41, 5.74) is 0.632. The second-order valence-electron chi connectivity index (χ2n) is 7.16. The van der Waals surface area contributed by atoms with Gasteiger partial charge in [-0.05, 0) is 24.3 Å². The standard InChI is InChI=1S/C18H22O8S/c1-5-9(27)10-7(2)11(19)8(6-18(10,3)4)25-17(24)14(22)15-12(20)13(21)16(23)26-15/h8,14-15,20-22H,5-6H2,1-4H3/t8?,14-,15+/m1/s1. The van der Waals surface area contributed by atoms with Crippen LogP contribution in [0.4, 0.5) is 0 Å². The van der Waals surface area contributed by atoms with Crippen LogP contribution in [0, 0.1) is 5.41 Å². The van der Waals surface area contributed by atoms with Gasteiger partial charge in [-0.15, -0.1) is 0 Å². The Bertz CT molecular complexity index is 776. The average Bonchev–Trinajstić information content (AvgIpc) is 2.85. The molecule has 0 fully saturated rings. The molecule has 1 unspecified atom stereocenters. The zero-order chi connectivity index (χ0) is 20.7. The summed E-state index contributed by atoms with van der Waals surface area (Å²) in [6.45, 7) is 7.26. The highest BCUT2D eigenvalue weighted by Gasteiger charge is 2.46. The summed E-state index contributed by atoms with van der Waals surface area (Å²) in [6.07, 6.45) is -4.26. The first-order valence-electron chi connectivity index (χ1n) is 8.42. The molecular formula is C18H22O8S. The van der Waals surface area contributed by atoms with Crippen molar-refractivity contribution in [1.29, 1.82) is 0 Å². The highest BCUT2D eigenvalue weighted by molar-refractivity contribution is 7.80. The fourth-order valence-electron chi connectivity index (χ4n) is 3.40. The number of cyclic esters (lactones) is 1. The molecule has 0 aromatic carbocycles. The Morgan fingerprint density at radius 2 is 1.96 bits per heavy atom. The lowest BCUT2D eigenvalue weighted by molar-refractivity contribution is -0.172. The molecule has 0 amide bonds. The normalized spacial score (nSPS) is 26.1. The third-order valence-corrected chi connectivity index (χ3v) is 5.23. The van der Waals surface area contributed by atoms with Crippen molar-refractivity contribution in [3.8, 4) is 0 Å². The van der Waals surface area contributed by atoms with Gasteiger partial charge in [0.25, 0.3) is 0 Å². The van der Waals surface area contributed by atoms with Crippen molar-refractivity contribution in [3.05, 3.63) is 22.7 Å². The molecular weight excluding hydrogens is 376 g/mol. The van der Waals surface area contributed by atoms with E-state index in [9.17, 15) is 29.7 Å². The second-order valence-corrected chi connectivity index (χ2v) is 7.65. The van der Waals surface area contributed by atoms with Crippen LogP contribution in [0.25, 0.3) is 0 Å². The van der Waals surface area contributed by atoms with Crippen molar-refractivity contribution in [3.63, 3.8) is 0 Å². The van der Waals surface area contributed by atoms with E-state index < -0.39 is 53.0 Å². The number of aliphatic hydroxyl groups excluding tert-OH is 3. The Balaban J connectivity index is 2.20. The van der Waals surface area contributed by atoms with E-state index >= 15 is 0 Å². The number of carbonyl (C=O) groups excluding carboxylic acids is 3. The number of hydrogen-bond donors (Lipinski definition) is 3. The van der Waals surface area contributed by atoms with E-state index in [0.29, 0.717) is 16.9 Å². The molecule has 2 aliphatic rings. The summed E-state index contributed by atoms with van der Waals surface area (Å²) in [6, 6.07) is 0. The summed E-state index contributed by atoms with van der Waals surface area (Å²) < 4.78 is 9.68. The maximum atomic E-state index is 12.6. The molecule has 0 spiro atoms. The first-order valence-corrected chi connectivity index (χ1v) is 8.83. The molecule has 0 saturated carbocycles. The van der Waals surface area contributed by atoms with Crippen LogP contribution in [0.1, 0.15) is 40.5 Å². The molecule has 0 radical (unpaired) electrons. The molecule has 0 saturated heterocycles. The number of aliphatic hydroxyl groups is 3. The third kappa shape index (κ3) is 3.74. The second kappa shape index (κ2) is 7.40. The number of ketones is 1. The van der Waals surface area contributed by atoms with Crippen LogP contribution in [0.15, 0.2) is 22.7 Å². The van der Waals surface area contributed by atoms with Crippen molar-refractivity contribution in [1.82, 2.24) is 0 Å². The van der Waals surface area contributed by atoms with Gasteiger partial charge in [0.15, 0.2) is 29.9 Å². The van der Waals surface area contributed by atoms with Crippen molar-refractivity contribution in [2.75, 3.05) is 0 Å². The van der Waals surface area contributed by atoms with Gasteiger partial charge in [0.2, 0.25) is 5.76 Å². The van der Waals surface area contributed by atoms with Gasteiger partial charge in [0, 0.05) is 16.9 Å². The van der Waals surface area contributed by atoms with Crippen LogP contribution in [0.5, 0.6) is 0 Å². The molecule has 2 rings (SSSR count). The first-order chi connectivity index (χ1) is 12.4. The van der Waals surface area contributed by atoms with Gasteiger partial charge in [-0.25, -0.2) is 9.59 Å². The van der Waals surface area contributed by atoms with E-state index in [1.54, 1.807) is 6.92 Å². The van der Waals surface area contributed by atoms with Gasteiger partial charge in [-0.3, -0.25) is 4.79 Å². The molecule has 3 atom stereocenters. The average molecular weight is 398 g/mol. The van der Waals surface area contributed by atoms with Crippen LogP contribution in [0.3, 0.4) is 0 Å². The summed E-state index contributed by atoms with van der Waals surface area (Å²) in [4.78, 5) is 36.7. The number of carbonyl (C=O) groups is 3. The molecule has 1 aliphatic carbocycles. The van der Waals surface area contributed by atoms with E-state index in [-0.39, 0.29) is 6.42 Å². The molecule has 1 aliphatic heterocycles. The zero-order valence-corrected chi connectivity index (χ0v) is 16.3. The molecule has 27 heavy (non-hydrogen) atoms. The monoisotopic (exact) mass is 398 g/mol. The van der Waals surface area contributed by atoms with Crippen molar-refractivity contribution >= 4 is 34.8 Å². The van der Waals surface area contributed by atoms with E-state index in [2.05, 4.69) is 4.74 Å². The van der Waals surface area contributed by atoms with Gasteiger partial charge in [-0.1, -0.05) is 33.0 Å². The zero-order valence-electron chi connectivity index (χ0n) is 15.4. The lowest BCUT2D eigenvalue weighted by Gasteiger charge is -2.38. The fraction of sp³-hybridized carbons (Fsp3) is 0.556. The maximum absolute atomic E-state index is 12.6. The molecule has 0 aromatic heterocycles. The lowest BCUT2D eigenvalue weighted by Crippen LogP contribution is -2.45. The van der Waals surface area contributed by atoms with Crippen molar-refractivity contribution < 1.29 is 39.2 Å². The Kier molecular flexibility index (Phi) is 5.77. The highest BCUT2D eigenvalue weighted by atomic mass is 32.1. The molecule has 0 aromatic rings. The Labute approximate surface area is 161 Å². The third-order valence-electron chi connectivity index (χ3n) is 4.74. The minimum absolute atomic E-state index is 0.161. The van der Waals surface area contributed by atoms with Gasteiger partial charge < -0.3 is 24.8 Å². The Morgan fingerprint density at radius 3 is 2.44 bits per heavy atom. The van der Waals surface area contributed by atoms with Gasteiger partial charge in [-0.2, -0.15) is 0 Å². The van der Waals surface area contributed by atoms with E-state index in [1.807, 2.05) is 20.8 Å². The lowest BCUT2D eigenvalue weighted by atomic mass is 9.69. The number of ether oxygens (including phenoxy) is 2. The number of rotatable bonds is 5. The van der Waals surface area contributed by atoms with Crippen LogP contribution < -0.4 is 0 Å². The maximum Gasteiger partial charge on any atom is 0.378 e.